The molecule has 0 spiro atoms. The summed E-state index contributed by atoms with van der Waals surface area (Å²) in [4.78, 5) is 27.9. The summed E-state index contributed by atoms with van der Waals surface area (Å²) in [7, 11) is 0. The lowest BCUT2D eigenvalue weighted by Crippen LogP contribution is -2.36. The van der Waals surface area contributed by atoms with E-state index >= 15 is 0 Å². The van der Waals surface area contributed by atoms with Crippen molar-refractivity contribution in [2.75, 3.05) is 13.1 Å². The summed E-state index contributed by atoms with van der Waals surface area (Å²) in [6.45, 7) is 5.45. The van der Waals surface area contributed by atoms with Gasteiger partial charge in [0.1, 0.15) is 28.2 Å². The van der Waals surface area contributed by atoms with E-state index in [2.05, 4.69) is 0 Å². The van der Waals surface area contributed by atoms with Crippen LogP contribution in [0.5, 0.6) is 11.5 Å². The molecule has 0 radical (unpaired) electrons. The molecule has 1 aliphatic heterocycles. The summed E-state index contributed by atoms with van der Waals surface area (Å²) in [6, 6.07) is 11.7. The second-order valence-electron chi connectivity index (χ2n) is 8.87. The largest absolute Gasteiger partial charge is 0.507 e. The molecule has 6 heteroatoms. The van der Waals surface area contributed by atoms with Crippen LogP contribution in [0.3, 0.4) is 0 Å². The van der Waals surface area contributed by atoms with Crippen molar-refractivity contribution in [2.45, 2.75) is 45.4 Å². The van der Waals surface area contributed by atoms with Gasteiger partial charge in [-0.1, -0.05) is 44.2 Å². The van der Waals surface area contributed by atoms with Gasteiger partial charge >= 0.3 is 0 Å². The highest BCUT2D eigenvalue weighted by molar-refractivity contribution is 5.90. The van der Waals surface area contributed by atoms with E-state index in [9.17, 15) is 19.8 Å². The number of rotatable bonds is 5. The van der Waals surface area contributed by atoms with Crippen molar-refractivity contribution in [3.63, 3.8) is 0 Å². The molecule has 1 fully saturated rings. The first-order valence-electron chi connectivity index (χ1n) is 11.2. The molecule has 2 aromatic carbocycles. The summed E-state index contributed by atoms with van der Waals surface area (Å²) in [5.41, 5.74) is 0.853. The molecule has 32 heavy (non-hydrogen) atoms. The second kappa shape index (κ2) is 9.07. The SMILES string of the molecule is CC(C)[C@H](CC(=O)N1CCCCC1)c1c(O)cc(O)c2c(=O)cc(-c3ccccc3)oc12. The molecular formula is C26H29NO5. The predicted molar refractivity (Wildman–Crippen MR) is 124 cm³/mol. The highest BCUT2D eigenvalue weighted by atomic mass is 16.3. The zero-order valence-corrected chi connectivity index (χ0v) is 18.5. The van der Waals surface area contributed by atoms with Crippen molar-refractivity contribution in [1.29, 1.82) is 0 Å². The van der Waals surface area contributed by atoms with Gasteiger partial charge in [-0.3, -0.25) is 9.59 Å². The predicted octanol–water partition coefficient (Wildman–Crippen LogP) is 5.01. The molecule has 3 aromatic rings. The number of phenolic OH excluding ortho intramolecular Hbond substituents is 2. The van der Waals surface area contributed by atoms with Crippen molar-refractivity contribution in [3.05, 3.63) is 58.3 Å². The van der Waals surface area contributed by atoms with Gasteiger partial charge in [-0.25, -0.2) is 0 Å². The van der Waals surface area contributed by atoms with Crippen LogP contribution in [0.15, 0.2) is 51.7 Å². The summed E-state index contributed by atoms with van der Waals surface area (Å²) in [5.74, 6) is -0.507. The van der Waals surface area contributed by atoms with E-state index in [1.165, 1.54) is 12.1 Å². The summed E-state index contributed by atoms with van der Waals surface area (Å²) < 4.78 is 6.13. The fourth-order valence-electron chi connectivity index (χ4n) is 4.56. The zero-order valence-electron chi connectivity index (χ0n) is 18.5. The normalized spacial score (nSPS) is 15.3. The number of likely N-dealkylation sites (tertiary alicyclic amines) is 1. The lowest BCUT2D eigenvalue weighted by molar-refractivity contribution is -0.132. The summed E-state index contributed by atoms with van der Waals surface area (Å²) in [6.07, 6.45) is 3.33. The molecule has 0 aliphatic carbocycles. The average molecular weight is 436 g/mol. The van der Waals surface area contributed by atoms with Crippen LogP contribution in [-0.2, 0) is 4.79 Å². The quantitative estimate of drug-likeness (QED) is 0.588. The van der Waals surface area contributed by atoms with Crippen molar-refractivity contribution in [1.82, 2.24) is 4.90 Å². The maximum absolute atomic E-state index is 13.1. The highest BCUT2D eigenvalue weighted by Gasteiger charge is 2.30. The highest BCUT2D eigenvalue weighted by Crippen LogP contribution is 2.43. The minimum Gasteiger partial charge on any atom is -0.507 e. The Hall–Kier alpha value is -3.28. The molecule has 1 amide bonds. The maximum atomic E-state index is 13.1. The minimum atomic E-state index is -0.395. The standard InChI is InChI=1S/C26H29NO5/c1-16(2)18(13-23(31)27-11-7-4-8-12-27)24-19(28)14-20(29)25-21(30)15-22(32-26(24)25)17-9-5-3-6-10-17/h3,5-6,9-10,14-16,18,28-29H,4,7-8,11-13H2,1-2H3/t18-/m0/s1. The lowest BCUT2D eigenvalue weighted by Gasteiger charge is -2.30. The van der Waals surface area contributed by atoms with Gasteiger partial charge in [0.25, 0.3) is 0 Å². The molecular weight excluding hydrogens is 406 g/mol. The van der Waals surface area contributed by atoms with Crippen LogP contribution in [0.2, 0.25) is 0 Å². The molecule has 0 saturated carbocycles. The second-order valence-corrected chi connectivity index (χ2v) is 8.87. The van der Waals surface area contributed by atoms with Crippen LogP contribution in [-0.4, -0.2) is 34.1 Å². The molecule has 1 atom stereocenters. The number of benzene rings is 2. The molecule has 0 unspecified atom stereocenters. The number of hydrogen-bond donors (Lipinski definition) is 2. The number of aromatic hydroxyl groups is 2. The molecule has 2 heterocycles. The first-order chi connectivity index (χ1) is 15.4. The fraction of sp³-hybridized carbons (Fsp3) is 0.385. The number of piperidine rings is 1. The smallest absolute Gasteiger partial charge is 0.223 e. The summed E-state index contributed by atoms with van der Waals surface area (Å²) >= 11 is 0. The number of carbonyl (C=O) groups excluding carboxylic acids is 1. The third kappa shape index (κ3) is 4.22. The van der Waals surface area contributed by atoms with Crippen LogP contribution in [0, 0.1) is 5.92 Å². The molecule has 6 nitrogen and oxygen atoms in total. The van der Waals surface area contributed by atoms with Gasteiger partial charge in [-0.05, 0) is 25.2 Å². The van der Waals surface area contributed by atoms with Gasteiger partial charge < -0.3 is 19.5 Å². The first-order valence-corrected chi connectivity index (χ1v) is 11.2. The number of fused-ring (bicyclic) bond motifs is 1. The molecule has 1 aromatic heterocycles. The Balaban J connectivity index is 1.86. The molecule has 4 rings (SSSR count). The number of nitrogens with zero attached hydrogens (tertiary/aromatic N) is 1. The van der Waals surface area contributed by atoms with Gasteiger partial charge in [-0.15, -0.1) is 0 Å². The molecule has 1 aliphatic rings. The third-order valence-electron chi connectivity index (χ3n) is 6.33. The van der Waals surface area contributed by atoms with Crippen molar-refractivity contribution in [2.24, 2.45) is 5.92 Å². The topological polar surface area (TPSA) is 91.0 Å². The zero-order chi connectivity index (χ0) is 22.8. The van der Waals surface area contributed by atoms with E-state index in [1.807, 2.05) is 49.1 Å². The minimum absolute atomic E-state index is 0.00642. The van der Waals surface area contributed by atoms with Crippen LogP contribution in [0.25, 0.3) is 22.3 Å². The van der Waals surface area contributed by atoms with Gasteiger partial charge in [0, 0.05) is 48.7 Å². The van der Waals surface area contributed by atoms with E-state index in [-0.39, 0.29) is 46.6 Å². The van der Waals surface area contributed by atoms with E-state index in [0.717, 1.165) is 32.4 Å². The van der Waals surface area contributed by atoms with Gasteiger partial charge in [0.2, 0.25) is 5.91 Å². The van der Waals surface area contributed by atoms with Gasteiger partial charge in [0.05, 0.1) is 0 Å². The van der Waals surface area contributed by atoms with E-state index in [4.69, 9.17) is 4.42 Å². The van der Waals surface area contributed by atoms with Gasteiger partial charge in [-0.2, -0.15) is 0 Å². The van der Waals surface area contributed by atoms with Crippen molar-refractivity contribution in [3.8, 4) is 22.8 Å². The number of hydrogen-bond acceptors (Lipinski definition) is 5. The van der Waals surface area contributed by atoms with Crippen LogP contribution >= 0.6 is 0 Å². The Labute approximate surface area is 187 Å². The van der Waals surface area contributed by atoms with E-state index in [1.54, 1.807) is 0 Å². The van der Waals surface area contributed by atoms with Crippen LogP contribution in [0.1, 0.15) is 51.0 Å². The Morgan fingerprint density at radius 3 is 2.38 bits per heavy atom. The number of carbonyl (C=O) groups is 1. The Morgan fingerprint density at radius 2 is 1.72 bits per heavy atom. The molecule has 1 saturated heterocycles. The molecule has 2 N–H and O–H groups in total. The van der Waals surface area contributed by atoms with Crippen LogP contribution < -0.4 is 5.43 Å². The number of amides is 1. The molecule has 168 valence electrons. The van der Waals surface area contributed by atoms with E-state index < -0.39 is 5.43 Å². The average Bonchev–Trinajstić information content (AvgIpc) is 2.78. The Kier molecular flexibility index (Phi) is 6.21. The Morgan fingerprint density at radius 1 is 1.03 bits per heavy atom. The first kappa shape index (κ1) is 21.9. The third-order valence-corrected chi connectivity index (χ3v) is 6.33. The maximum Gasteiger partial charge on any atom is 0.223 e. The van der Waals surface area contributed by atoms with Crippen molar-refractivity contribution < 1.29 is 19.4 Å². The van der Waals surface area contributed by atoms with Gasteiger partial charge in [0.15, 0.2) is 5.43 Å². The Bertz CT molecular complexity index is 1180. The van der Waals surface area contributed by atoms with Crippen LogP contribution in [0.4, 0.5) is 0 Å². The summed E-state index contributed by atoms with van der Waals surface area (Å²) in [5, 5.41) is 21.3. The van der Waals surface area contributed by atoms with E-state index in [0.29, 0.717) is 16.9 Å². The number of phenols is 2. The lowest BCUT2D eigenvalue weighted by atomic mass is 9.83. The monoisotopic (exact) mass is 435 g/mol. The molecule has 0 bridgehead atoms. The van der Waals surface area contributed by atoms with Crippen molar-refractivity contribution >= 4 is 16.9 Å². The fourth-order valence-corrected chi connectivity index (χ4v) is 4.56.